The van der Waals surface area contributed by atoms with Crippen molar-refractivity contribution < 1.29 is 19.1 Å². The second-order valence-electron chi connectivity index (χ2n) is 8.28. The van der Waals surface area contributed by atoms with Gasteiger partial charge in [-0.05, 0) is 99.1 Å². The zero-order valence-corrected chi connectivity index (χ0v) is 25.8. The number of anilines is 1. The molecule has 4 amide bonds. The molecule has 11 heteroatoms. The van der Waals surface area contributed by atoms with Crippen LogP contribution in [0.15, 0.2) is 60.3 Å². The topological polar surface area (TPSA) is 87.7 Å². The number of para-hydroxylation sites is 1. The van der Waals surface area contributed by atoms with Gasteiger partial charge in [0.2, 0.25) is 5.91 Å². The summed E-state index contributed by atoms with van der Waals surface area (Å²) in [5, 5.41) is 6.42. The Hall–Kier alpha value is -2.35. The van der Waals surface area contributed by atoms with Crippen LogP contribution in [0, 0.1) is 7.14 Å². The van der Waals surface area contributed by atoms with E-state index in [-0.39, 0.29) is 12.3 Å². The van der Waals surface area contributed by atoms with Gasteiger partial charge in [-0.1, -0.05) is 54.4 Å². The lowest BCUT2D eigenvalue weighted by molar-refractivity contribution is -0.127. The van der Waals surface area contributed by atoms with Crippen molar-refractivity contribution in [3.8, 4) is 5.75 Å². The molecule has 0 unspecified atom stereocenters. The van der Waals surface area contributed by atoms with Crippen LogP contribution in [0.3, 0.4) is 0 Å². The number of imide groups is 1. The van der Waals surface area contributed by atoms with Gasteiger partial charge in [0, 0.05) is 21.3 Å². The summed E-state index contributed by atoms with van der Waals surface area (Å²) in [5.41, 5.74) is 3.21. The minimum absolute atomic E-state index is 0.0879. The Balaban J connectivity index is 1.45. The van der Waals surface area contributed by atoms with E-state index >= 15 is 0 Å². The minimum Gasteiger partial charge on any atom is -0.487 e. The van der Waals surface area contributed by atoms with Gasteiger partial charge in [-0.15, -0.1) is 0 Å². The van der Waals surface area contributed by atoms with E-state index in [0.717, 1.165) is 29.6 Å². The Morgan fingerprint density at radius 3 is 2.45 bits per heavy atom. The van der Waals surface area contributed by atoms with E-state index in [1.165, 1.54) is 0 Å². The largest absolute Gasteiger partial charge is 0.487 e. The molecule has 1 heterocycles. The van der Waals surface area contributed by atoms with E-state index in [4.69, 9.17) is 27.9 Å². The number of nitrogens with zero attached hydrogens (tertiary/aromatic N) is 1. The summed E-state index contributed by atoms with van der Waals surface area (Å²) in [5.74, 6) is -0.356. The molecule has 4 rings (SSSR count). The predicted octanol–water partition coefficient (Wildman–Crippen LogP) is 6.88. The number of carbonyl (C=O) groups is 3. The van der Waals surface area contributed by atoms with Gasteiger partial charge in [-0.3, -0.25) is 9.59 Å². The van der Waals surface area contributed by atoms with Crippen LogP contribution in [0.25, 0.3) is 6.08 Å². The molecule has 1 saturated heterocycles. The molecule has 7 nitrogen and oxygen atoms in total. The summed E-state index contributed by atoms with van der Waals surface area (Å²) < 4.78 is 7.64. The number of nitrogens with one attached hydrogen (secondary N) is 2. The number of aryl methyl sites for hydroxylation is 1. The normalized spacial score (nSPS) is 14.1. The average Bonchev–Trinajstić information content (AvgIpc) is 3.12. The molecule has 0 spiro atoms. The van der Waals surface area contributed by atoms with Crippen LogP contribution < -0.4 is 15.4 Å². The van der Waals surface area contributed by atoms with Crippen LogP contribution >= 0.6 is 68.4 Å². The van der Waals surface area contributed by atoms with Gasteiger partial charge in [0.15, 0.2) is 0 Å². The molecule has 1 aliphatic heterocycles. The van der Waals surface area contributed by atoms with Gasteiger partial charge in [-0.2, -0.15) is 0 Å². The summed E-state index contributed by atoms with van der Waals surface area (Å²) in [4.78, 5) is 38.9. The zero-order valence-electron chi connectivity index (χ0n) is 20.0. The van der Waals surface area contributed by atoms with E-state index in [0.29, 0.717) is 27.0 Å². The summed E-state index contributed by atoms with van der Waals surface area (Å²) in [6.07, 6.45) is 2.32. The average molecular weight is 776 g/mol. The number of urea groups is 1. The van der Waals surface area contributed by atoms with Crippen LogP contribution in [0.1, 0.15) is 23.6 Å². The van der Waals surface area contributed by atoms with Gasteiger partial charge >= 0.3 is 6.03 Å². The van der Waals surface area contributed by atoms with Gasteiger partial charge in [0.05, 0.1) is 7.14 Å². The molecule has 196 valence electrons. The lowest BCUT2D eigenvalue weighted by Gasteiger charge is -2.14. The maximum absolute atomic E-state index is 12.9. The van der Waals surface area contributed by atoms with E-state index < -0.39 is 24.4 Å². The molecule has 2 N–H and O–H groups in total. The number of hydrogen-bond acceptors (Lipinski definition) is 4. The minimum atomic E-state index is -0.649. The monoisotopic (exact) mass is 775 g/mol. The Labute approximate surface area is 257 Å². The Kier molecular flexibility index (Phi) is 9.55. The molecule has 0 aromatic heterocycles. The smallest absolute Gasteiger partial charge is 0.329 e. The van der Waals surface area contributed by atoms with E-state index in [2.05, 4.69) is 55.8 Å². The van der Waals surface area contributed by atoms with Crippen LogP contribution in [0.5, 0.6) is 5.75 Å². The third-order valence-electron chi connectivity index (χ3n) is 5.66. The van der Waals surface area contributed by atoms with Gasteiger partial charge in [0.1, 0.15) is 24.6 Å². The van der Waals surface area contributed by atoms with Gasteiger partial charge in [-0.25, -0.2) is 9.69 Å². The molecule has 0 bridgehead atoms. The highest BCUT2D eigenvalue weighted by atomic mass is 127. The lowest BCUT2D eigenvalue weighted by atomic mass is 10.1. The quantitative estimate of drug-likeness (QED) is 0.149. The van der Waals surface area contributed by atoms with Crippen molar-refractivity contribution in [3.05, 3.63) is 94.2 Å². The molecule has 0 saturated carbocycles. The molecule has 0 atom stereocenters. The van der Waals surface area contributed by atoms with Crippen molar-refractivity contribution >= 4 is 98.0 Å². The molecule has 1 fully saturated rings. The first kappa shape index (κ1) is 28.7. The van der Waals surface area contributed by atoms with Crippen LogP contribution in [0.4, 0.5) is 10.5 Å². The van der Waals surface area contributed by atoms with E-state index in [9.17, 15) is 14.4 Å². The maximum atomic E-state index is 12.9. The molecular formula is C27H21Cl2I2N3O4. The SMILES string of the molecule is CCc1ccccc1NC(=O)CN1C(=O)N/C(=C/c2cc(I)c(OCc3ccc(Cl)cc3Cl)c(I)c2)C1=O. The summed E-state index contributed by atoms with van der Waals surface area (Å²) in [6.45, 7) is 1.85. The maximum Gasteiger partial charge on any atom is 0.329 e. The molecule has 1 aliphatic rings. The fourth-order valence-electron chi connectivity index (χ4n) is 3.76. The van der Waals surface area contributed by atoms with Crippen molar-refractivity contribution in [1.29, 1.82) is 0 Å². The number of amides is 4. The fourth-order valence-corrected chi connectivity index (χ4v) is 6.35. The number of rotatable bonds is 8. The van der Waals surface area contributed by atoms with E-state index in [1.807, 2.05) is 43.3 Å². The van der Waals surface area contributed by atoms with Crippen molar-refractivity contribution in [2.24, 2.45) is 0 Å². The van der Waals surface area contributed by atoms with Crippen molar-refractivity contribution in [1.82, 2.24) is 10.2 Å². The Bertz CT molecular complexity index is 1440. The highest BCUT2D eigenvalue weighted by Crippen LogP contribution is 2.32. The van der Waals surface area contributed by atoms with Gasteiger partial charge in [0.25, 0.3) is 5.91 Å². The zero-order chi connectivity index (χ0) is 27.4. The number of carbonyl (C=O) groups excluding carboxylic acids is 3. The highest BCUT2D eigenvalue weighted by molar-refractivity contribution is 14.1. The summed E-state index contributed by atoms with van der Waals surface area (Å²) >= 11 is 16.5. The first-order valence-electron chi connectivity index (χ1n) is 11.4. The van der Waals surface area contributed by atoms with Crippen molar-refractivity contribution in [2.75, 3.05) is 11.9 Å². The van der Waals surface area contributed by atoms with Gasteiger partial charge < -0.3 is 15.4 Å². The van der Waals surface area contributed by atoms with Crippen LogP contribution in [0.2, 0.25) is 10.0 Å². The second kappa shape index (κ2) is 12.7. The standard InChI is InChI=1S/C27H21Cl2I2N3O4/c1-2-16-5-3-4-6-22(16)32-24(35)13-34-26(36)23(33-27(34)37)11-15-9-20(30)25(21(31)10-15)38-14-17-7-8-18(28)12-19(17)29/h3-12H,2,13-14H2,1H3,(H,32,35)(H,33,37)/b23-11+. The Morgan fingerprint density at radius 1 is 1.05 bits per heavy atom. The van der Waals surface area contributed by atoms with Crippen LogP contribution in [-0.2, 0) is 22.6 Å². The van der Waals surface area contributed by atoms with Crippen molar-refractivity contribution in [2.45, 2.75) is 20.0 Å². The number of hydrogen-bond donors (Lipinski definition) is 2. The third-order valence-corrected chi connectivity index (χ3v) is 7.84. The fraction of sp³-hybridized carbons (Fsp3) is 0.148. The third kappa shape index (κ3) is 6.80. The summed E-state index contributed by atoms with van der Waals surface area (Å²) in [6, 6.07) is 15.7. The Morgan fingerprint density at radius 2 is 1.76 bits per heavy atom. The molecule has 0 aliphatic carbocycles. The number of ether oxygens (including phenoxy) is 1. The second-order valence-corrected chi connectivity index (χ2v) is 11.4. The predicted molar refractivity (Wildman–Crippen MR) is 165 cm³/mol. The number of halogens is 4. The first-order chi connectivity index (χ1) is 18.2. The van der Waals surface area contributed by atoms with E-state index in [1.54, 1.807) is 24.3 Å². The molecule has 0 radical (unpaired) electrons. The molecule has 3 aromatic carbocycles. The summed E-state index contributed by atoms with van der Waals surface area (Å²) in [7, 11) is 0. The molecule has 38 heavy (non-hydrogen) atoms. The first-order valence-corrected chi connectivity index (χ1v) is 14.4. The van der Waals surface area contributed by atoms with Crippen LogP contribution in [-0.4, -0.2) is 29.3 Å². The molecule has 3 aromatic rings. The molecular weight excluding hydrogens is 755 g/mol. The highest BCUT2D eigenvalue weighted by Gasteiger charge is 2.35. The van der Waals surface area contributed by atoms with Crippen molar-refractivity contribution in [3.63, 3.8) is 0 Å². The lowest BCUT2D eigenvalue weighted by Crippen LogP contribution is -2.38. The number of benzene rings is 3.